The third kappa shape index (κ3) is 6.28. The van der Waals surface area contributed by atoms with Gasteiger partial charge in [-0.1, -0.05) is 0 Å². The fourth-order valence-corrected chi connectivity index (χ4v) is 1.27. The summed E-state index contributed by atoms with van der Waals surface area (Å²) < 4.78 is 4.90. The Balaban J connectivity index is 3.68. The molecule has 1 atom stereocenters. The van der Waals surface area contributed by atoms with Crippen molar-refractivity contribution in [1.82, 2.24) is 0 Å². The van der Waals surface area contributed by atoms with Crippen molar-refractivity contribution >= 4 is 36.9 Å². The van der Waals surface area contributed by atoms with Crippen molar-refractivity contribution in [2.75, 3.05) is 0 Å². The van der Waals surface area contributed by atoms with Crippen LogP contribution in [0, 0.1) is 0 Å². The molecule has 11 heavy (non-hydrogen) atoms. The Hall–Kier alpha value is -0.120. The first kappa shape index (κ1) is 10.9. The Bertz CT molecular complexity index is 177. The van der Waals surface area contributed by atoms with Crippen molar-refractivity contribution in [2.45, 2.75) is 19.4 Å². The van der Waals surface area contributed by atoms with Crippen LogP contribution < -0.4 is 0 Å². The first-order valence-corrected chi connectivity index (χ1v) is 4.38. The maximum atomic E-state index is 10.6. The van der Waals surface area contributed by atoms with E-state index in [0.717, 1.165) is 6.08 Å². The fourth-order valence-electron chi connectivity index (χ4n) is 0.693. The second-order valence-corrected chi connectivity index (χ2v) is 3.47. The number of rotatable bonds is 4. The van der Waals surface area contributed by atoms with Gasteiger partial charge in [-0.2, -0.15) is 0 Å². The van der Waals surface area contributed by atoms with Gasteiger partial charge in [0.25, 0.3) is 0 Å². The summed E-state index contributed by atoms with van der Waals surface area (Å²) in [6.07, 6.45) is 1.10. The van der Waals surface area contributed by atoms with E-state index in [1.165, 1.54) is 0 Å². The maximum absolute atomic E-state index is 10.6. The van der Waals surface area contributed by atoms with Crippen LogP contribution in [0.5, 0.6) is 0 Å². The molecule has 0 saturated heterocycles. The van der Waals surface area contributed by atoms with Crippen molar-refractivity contribution in [3.63, 3.8) is 0 Å². The summed E-state index contributed by atoms with van der Waals surface area (Å²) in [7, 11) is 0. The number of carbonyl (C=O) groups is 2. The zero-order chi connectivity index (χ0) is 8.85. The molecular formula is C7H9NaO3. The third-order valence-electron chi connectivity index (χ3n) is 1.06. The van der Waals surface area contributed by atoms with Gasteiger partial charge in [0.1, 0.15) is 0 Å². The Labute approximate surface area is 83.2 Å². The van der Waals surface area contributed by atoms with Gasteiger partial charge in [-0.3, -0.25) is 0 Å². The molecule has 0 bridgehead atoms. The van der Waals surface area contributed by atoms with Crippen molar-refractivity contribution in [1.29, 1.82) is 0 Å². The third-order valence-corrected chi connectivity index (χ3v) is 1.47. The average molecular weight is 164 g/mol. The van der Waals surface area contributed by atoms with Crippen molar-refractivity contribution < 1.29 is 14.3 Å². The molecule has 4 heteroatoms. The number of esters is 1. The second kappa shape index (κ2) is 5.52. The standard InChI is InChI=1S/C7H9O3.Na/c1-3-7(9)10-6(2)4-5-8;/h3,6H,1,4H2,2H3;. The van der Waals surface area contributed by atoms with E-state index in [-0.39, 0.29) is 9.14 Å². The van der Waals surface area contributed by atoms with E-state index in [4.69, 9.17) is 4.74 Å². The number of ether oxygens (including phenoxy) is 1. The SMILES string of the molecule is C=CC(=O)OC(C)C[C](=O)[Na]. The van der Waals surface area contributed by atoms with Crippen LogP contribution in [-0.4, -0.2) is 43.0 Å². The molecule has 0 aromatic carbocycles. The van der Waals surface area contributed by atoms with Gasteiger partial charge in [-0.05, 0) is 0 Å². The Morgan fingerprint density at radius 2 is 2.27 bits per heavy atom. The molecule has 0 amide bonds. The molecule has 0 rings (SSSR count). The quantitative estimate of drug-likeness (QED) is 0.338. The van der Waals surface area contributed by atoms with E-state index in [9.17, 15) is 9.59 Å². The van der Waals surface area contributed by atoms with Crippen molar-refractivity contribution in [3.8, 4) is 0 Å². The van der Waals surface area contributed by atoms with Crippen LogP contribution in [0.2, 0.25) is 0 Å². The van der Waals surface area contributed by atoms with E-state index in [1.807, 2.05) is 0 Å². The molecule has 0 aliphatic carbocycles. The summed E-state index contributed by atoms with van der Waals surface area (Å²) >= 11 is 0.513. The van der Waals surface area contributed by atoms with Crippen LogP contribution in [0.25, 0.3) is 0 Å². The molecule has 0 aromatic rings. The first-order chi connectivity index (χ1) is 5.06. The van der Waals surface area contributed by atoms with E-state index in [1.54, 1.807) is 6.92 Å². The number of carbonyl (C=O) groups excluding carboxylic acids is 2. The molecule has 0 radical (unpaired) electrons. The van der Waals surface area contributed by atoms with E-state index >= 15 is 0 Å². The van der Waals surface area contributed by atoms with Crippen LogP contribution in [-0.2, 0) is 14.3 Å². The molecule has 56 valence electrons. The van der Waals surface area contributed by atoms with E-state index in [2.05, 4.69) is 6.58 Å². The number of hydrogen-bond acceptors (Lipinski definition) is 3. The summed E-state index contributed by atoms with van der Waals surface area (Å²) in [6.45, 7) is 4.93. The Kier molecular flexibility index (Phi) is 5.46. The van der Waals surface area contributed by atoms with Gasteiger partial charge in [0.2, 0.25) is 0 Å². The molecule has 0 saturated carbocycles. The Morgan fingerprint density at radius 1 is 1.73 bits per heavy atom. The molecule has 0 N–H and O–H groups in total. The van der Waals surface area contributed by atoms with Crippen molar-refractivity contribution in [3.05, 3.63) is 12.7 Å². The zero-order valence-electron chi connectivity index (χ0n) is 6.79. The van der Waals surface area contributed by atoms with Crippen LogP contribution >= 0.6 is 0 Å². The summed E-state index contributed by atoms with van der Waals surface area (Å²) in [5.41, 5.74) is 0. The summed E-state index contributed by atoms with van der Waals surface area (Å²) in [5.74, 6) is -0.472. The van der Waals surface area contributed by atoms with Gasteiger partial charge in [-0.15, -0.1) is 0 Å². The molecule has 0 spiro atoms. The molecule has 0 heterocycles. The van der Waals surface area contributed by atoms with Gasteiger partial charge in [0.05, 0.1) is 0 Å². The topological polar surface area (TPSA) is 43.4 Å². The fraction of sp³-hybridized carbons (Fsp3) is 0.429. The predicted molar refractivity (Wildman–Crippen MR) is 41.1 cm³/mol. The van der Waals surface area contributed by atoms with Crippen LogP contribution in [0.15, 0.2) is 12.7 Å². The monoisotopic (exact) mass is 164 g/mol. The molecule has 3 nitrogen and oxygen atoms in total. The normalized spacial score (nSPS) is 11.9. The van der Waals surface area contributed by atoms with Gasteiger partial charge in [-0.25, -0.2) is 0 Å². The van der Waals surface area contributed by atoms with Crippen LogP contribution in [0.4, 0.5) is 0 Å². The molecule has 0 aliphatic heterocycles. The van der Waals surface area contributed by atoms with Gasteiger partial charge in [0.15, 0.2) is 0 Å². The summed E-state index contributed by atoms with van der Waals surface area (Å²) in [6, 6.07) is 0. The zero-order valence-corrected chi connectivity index (χ0v) is 8.79. The molecule has 0 aromatic heterocycles. The van der Waals surface area contributed by atoms with Gasteiger partial charge >= 0.3 is 83.4 Å². The average Bonchev–Trinajstić information content (AvgIpc) is 1.85. The second-order valence-electron chi connectivity index (χ2n) is 2.36. The van der Waals surface area contributed by atoms with Crippen molar-refractivity contribution in [2.24, 2.45) is 0 Å². The molecule has 0 fully saturated rings. The Morgan fingerprint density at radius 3 is 2.64 bits per heavy atom. The predicted octanol–water partition coefficient (Wildman–Crippen LogP) is 0.189. The minimum absolute atomic E-state index is 0.148. The summed E-state index contributed by atoms with van der Waals surface area (Å²) in [5, 5.41) is 0. The van der Waals surface area contributed by atoms with Crippen LogP contribution in [0.3, 0.4) is 0 Å². The number of hydrogen-bond donors (Lipinski definition) is 0. The molecule has 0 aliphatic rings. The minimum atomic E-state index is -0.472. The first-order valence-electron chi connectivity index (χ1n) is 3.38. The van der Waals surface area contributed by atoms with Gasteiger partial charge in [0, 0.05) is 0 Å². The van der Waals surface area contributed by atoms with E-state index in [0.29, 0.717) is 34.4 Å². The molecule has 1 unspecified atom stereocenters. The molecular weight excluding hydrogens is 155 g/mol. The van der Waals surface area contributed by atoms with E-state index < -0.39 is 5.97 Å². The summed E-state index contributed by atoms with van der Waals surface area (Å²) in [4.78, 5) is 21.1. The van der Waals surface area contributed by atoms with Gasteiger partial charge < -0.3 is 0 Å². The van der Waals surface area contributed by atoms with Crippen LogP contribution in [0.1, 0.15) is 13.3 Å².